The van der Waals surface area contributed by atoms with E-state index in [1.54, 1.807) is 7.11 Å². The predicted octanol–water partition coefficient (Wildman–Crippen LogP) is 2.64. The number of likely N-dealkylation sites (N-methyl/N-ethyl adjacent to an activating group) is 1. The van der Waals surface area contributed by atoms with Gasteiger partial charge in [-0.2, -0.15) is 5.10 Å². The highest BCUT2D eigenvalue weighted by atomic mass is 16.5. The van der Waals surface area contributed by atoms with E-state index in [1.807, 2.05) is 24.7 Å². The summed E-state index contributed by atoms with van der Waals surface area (Å²) in [5, 5.41) is 7.98. The maximum Gasteiger partial charge on any atom is 0.0977 e. The molecule has 0 fully saturated rings. The minimum atomic E-state index is 0.0290. The number of hydrogen-bond acceptors (Lipinski definition) is 3. The molecule has 0 saturated heterocycles. The molecule has 0 bridgehead atoms. The van der Waals surface area contributed by atoms with Gasteiger partial charge in [0.1, 0.15) is 0 Å². The molecule has 1 aromatic heterocycles. The number of rotatable bonds is 7. The highest BCUT2D eigenvalue weighted by Gasteiger charge is 2.23. The van der Waals surface area contributed by atoms with Crippen LogP contribution in [0.5, 0.6) is 0 Å². The first-order valence-corrected chi connectivity index (χ1v) is 7.46. The minimum absolute atomic E-state index is 0.0290. The lowest BCUT2D eigenvalue weighted by atomic mass is 9.98. The number of aryl methyl sites for hydroxylation is 2. The maximum atomic E-state index is 5.78. The van der Waals surface area contributed by atoms with Gasteiger partial charge >= 0.3 is 0 Å². The van der Waals surface area contributed by atoms with Crippen LogP contribution in [0.25, 0.3) is 0 Å². The summed E-state index contributed by atoms with van der Waals surface area (Å²) in [5.41, 5.74) is 3.47. The van der Waals surface area contributed by atoms with Crippen molar-refractivity contribution in [2.75, 3.05) is 13.7 Å². The number of aromatic nitrogens is 2. The molecule has 1 heterocycles. The minimum Gasteiger partial charge on any atom is -0.375 e. The van der Waals surface area contributed by atoms with Crippen LogP contribution < -0.4 is 5.32 Å². The normalized spacial score (nSPS) is 14.1. The van der Waals surface area contributed by atoms with Crippen LogP contribution in [-0.2, 0) is 18.2 Å². The van der Waals surface area contributed by atoms with E-state index in [-0.39, 0.29) is 12.1 Å². The Kier molecular flexibility index (Phi) is 5.53. The van der Waals surface area contributed by atoms with E-state index in [0.29, 0.717) is 0 Å². The van der Waals surface area contributed by atoms with Crippen molar-refractivity contribution < 1.29 is 4.74 Å². The summed E-state index contributed by atoms with van der Waals surface area (Å²) >= 11 is 0. The molecule has 0 amide bonds. The van der Waals surface area contributed by atoms with Crippen molar-refractivity contribution >= 4 is 0 Å². The number of methoxy groups -OCH3 is 1. The topological polar surface area (TPSA) is 39.1 Å². The average molecular weight is 287 g/mol. The van der Waals surface area contributed by atoms with Crippen LogP contribution in [0.2, 0.25) is 0 Å². The van der Waals surface area contributed by atoms with Gasteiger partial charge in [-0.15, -0.1) is 0 Å². The van der Waals surface area contributed by atoms with Crippen LogP contribution in [0, 0.1) is 6.92 Å². The quantitative estimate of drug-likeness (QED) is 0.851. The third-order valence-electron chi connectivity index (χ3n) is 3.74. The van der Waals surface area contributed by atoms with Crippen LogP contribution in [0.1, 0.15) is 30.0 Å². The number of ether oxygens (including phenoxy) is 1. The van der Waals surface area contributed by atoms with Crippen LogP contribution >= 0.6 is 0 Å². The molecule has 2 aromatic rings. The van der Waals surface area contributed by atoms with Crippen LogP contribution in [0.4, 0.5) is 0 Å². The fourth-order valence-corrected chi connectivity index (χ4v) is 2.80. The van der Waals surface area contributed by atoms with Gasteiger partial charge in [0.05, 0.1) is 11.8 Å². The molecule has 0 aliphatic heterocycles. The Hall–Kier alpha value is -1.65. The molecule has 1 aromatic carbocycles. The molecule has 2 rings (SSSR count). The fourth-order valence-electron chi connectivity index (χ4n) is 2.80. The molecule has 2 unspecified atom stereocenters. The molecule has 4 nitrogen and oxygen atoms in total. The van der Waals surface area contributed by atoms with E-state index in [9.17, 15) is 0 Å². The summed E-state index contributed by atoms with van der Waals surface area (Å²) in [6.07, 6.45) is 0.917. The molecule has 1 N–H and O–H groups in total. The van der Waals surface area contributed by atoms with E-state index in [2.05, 4.69) is 47.7 Å². The van der Waals surface area contributed by atoms with Crippen molar-refractivity contribution in [3.8, 4) is 0 Å². The lowest BCUT2D eigenvalue weighted by Crippen LogP contribution is -2.38. The van der Waals surface area contributed by atoms with Crippen LogP contribution in [-0.4, -0.2) is 29.5 Å². The Morgan fingerprint density at radius 1 is 1.29 bits per heavy atom. The van der Waals surface area contributed by atoms with Crippen molar-refractivity contribution in [3.05, 3.63) is 53.3 Å². The molecular weight excluding hydrogens is 262 g/mol. The van der Waals surface area contributed by atoms with Gasteiger partial charge in [0.2, 0.25) is 0 Å². The van der Waals surface area contributed by atoms with E-state index >= 15 is 0 Å². The van der Waals surface area contributed by atoms with Crippen LogP contribution in [0.15, 0.2) is 36.4 Å². The summed E-state index contributed by atoms with van der Waals surface area (Å²) in [5.74, 6) is 0. The summed E-state index contributed by atoms with van der Waals surface area (Å²) in [7, 11) is 3.77. The zero-order valence-corrected chi connectivity index (χ0v) is 13.3. The summed E-state index contributed by atoms with van der Waals surface area (Å²) in [4.78, 5) is 0. The van der Waals surface area contributed by atoms with Gasteiger partial charge < -0.3 is 10.1 Å². The lowest BCUT2D eigenvalue weighted by molar-refractivity contribution is 0.0678. The molecule has 4 heteroatoms. The third-order valence-corrected chi connectivity index (χ3v) is 3.74. The largest absolute Gasteiger partial charge is 0.375 e. The Morgan fingerprint density at radius 3 is 2.52 bits per heavy atom. The highest BCUT2D eigenvalue weighted by Crippen LogP contribution is 2.23. The lowest BCUT2D eigenvalue weighted by Gasteiger charge is -2.27. The Labute approximate surface area is 127 Å². The summed E-state index contributed by atoms with van der Waals surface area (Å²) < 4.78 is 7.73. The third kappa shape index (κ3) is 3.93. The van der Waals surface area contributed by atoms with Crippen molar-refractivity contribution in [1.82, 2.24) is 15.1 Å². The van der Waals surface area contributed by atoms with Gasteiger partial charge in [-0.05, 0) is 25.1 Å². The molecule has 0 saturated carbocycles. The molecule has 0 spiro atoms. The SMILES string of the molecule is CCNC(Cc1cc(C)nn1C)C(OC)c1ccccc1. The van der Waals surface area contributed by atoms with E-state index in [4.69, 9.17) is 4.74 Å². The first-order chi connectivity index (χ1) is 10.2. The summed E-state index contributed by atoms with van der Waals surface area (Å²) in [6, 6.07) is 12.7. The Balaban J connectivity index is 2.22. The zero-order valence-electron chi connectivity index (χ0n) is 13.3. The van der Waals surface area contributed by atoms with Gasteiger partial charge in [0.15, 0.2) is 0 Å². The van der Waals surface area contributed by atoms with E-state index in [1.165, 1.54) is 11.3 Å². The van der Waals surface area contributed by atoms with E-state index < -0.39 is 0 Å². The monoisotopic (exact) mass is 287 g/mol. The van der Waals surface area contributed by atoms with Gasteiger partial charge in [0, 0.05) is 32.3 Å². The highest BCUT2D eigenvalue weighted by molar-refractivity contribution is 5.21. The average Bonchev–Trinajstić information content (AvgIpc) is 2.79. The zero-order chi connectivity index (χ0) is 15.2. The molecule has 0 aliphatic carbocycles. The maximum absolute atomic E-state index is 5.78. The van der Waals surface area contributed by atoms with Crippen molar-refractivity contribution in [3.63, 3.8) is 0 Å². The van der Waals surface area contributed by atoms with Crippen molar-refractivity contribution in [1.29, 1.82) is 0 Å². The Morgan fingerprint density at radius 2 is 2.00 bits per heavy atom. The molecule has 114 valence electrons. The van der Waals surface area contributed by atoms with Crippen LogP contribution in [0.3, 0.4) is 0 Å². The van der Waals surface area contributed by atoms with Gasteiger partial charge in [-0.25, -0.2) is 0 Å². The van der Waals surface area contributed by atoms with Gasteiger partial charge in [-0.3, -0.25) is 4.68 Å². The van der Waals surface area contributed by atoms with Gasteiger partial charge in [-0.1, -0.05) is 37.3 Å². The van der Waals surface area contributed by atoms with E-state index in [0.717, 1.165) is 18.7 Å². The van der Waals surface area contributed by atoms with Gasteiger partial charge in [0.25, 0.3) is 0 Å². The Bertz CT molecular complexity index is 550. The fraction of sp³-hybridized carbons (Fsp3) is 0.471. The molecule has 0 radical (unpaired) electrons. The number of benzene rings is 1. The van der Waals surface area contributed by atoms with Crippen molar-refractivity contribution in [2.24, 2.45) is 7.05 Å². The molecular formula is C17H25N3O. The number of nitrogens with zero attached hydrogens (tertiary/aromatic N) is 2. The number of hydrogen-bond donors (Lipinski definition) is 1. The second-order valence-electron chi connectivity index (χ2n) is 5.34. The second-order valence-corrected chi connectivity index (χ2v) is 5.34. The standard InChI is InChI=1S/C17H25N3O/c1-5-18-16(12-15-11-13(2)19-20(15)3)17(21-4)14-9-7-6-8-10-14/h6-11,16-18H,5,12H2,1-4H3. The first kappa shape index (κ1) is 15.7. The second kappa shape index (κ2) is 7.38. The molecule has 0 aliphatic rings. The smallest absolute Gasteiger partial charge is 0.0977 e. The van der Waals surface area contributed by atoms with Crippen molar-refractivity contribution in [2.45, 2.75) is 32.4 Å². The molecule has 21 heavy (non-hydrogen) atoms. The number of nitrogens with one attached hydrogen (secondary N) is 1. The molecule has 2 atom stereocenters. The summed E-state index contributed by atoms with van der Waals surface area (Å²) in [6.45, 7) is 5.06. The predicted molar refractivity (Wildman–Crippen MR) is 85.3 cm³/mol. The first-order valence-electron chi connectivity index (χ1n) is 7.46.